The van der Waals surface area contributed by atoms with Gasteiger partial charge in [-0.25, -0.2) is 0 Å². The van der Waals surface area contributed by atoms with E-state index in [1.807, 2.05) is 18.2 Å². The SMILES string of the molecule is c1ccc2c(c#1)c1ccc(-n3c4ccccc4c4cc(-c5ccc6oc7ccccc7c6c5)ccc43)cc1n2-c1ccccc1. The number of nitrogens with zero attached hydrogens (tertiary/aromatic N) is 2. The standard InChI is InChI=1S/C42H24N2O/c1-2-10-29(11-3-1)43-37-15-7-4-12-31(37)33-21-20-30(26-40(33)43)44-38-16-8-5-13-32(38)35-24-27(18-22-39(35)44)28-19-23-42-36(25-28)34-14-6-9-17-41(34)45-42/h1-3,5-11,13-26H. The topological polar surface area (TPSA) is 23.0 Å². The molecule has 0 aliphatic rings. The van der Waals surface area contributed by atoms with Crippen molar-refractivity contribution in [1.29, 1.82) is 0 Å². The Kier molecular flexibility index (Phi) is 4.92. The minimum absolute atomic E-state index is 0.913. The average Bonchev–Trinajstić information content (AvgIpc) is 3.75. The first kappa shape index (κ1) is 24.2. The lowest BCUT2D eigenvalue weighted by Crippen LogP contribution is -1.96. The van der Waals surface area contributed by atoms with E-state index in [-0.39, 0.29) is 0 Å². The number of aromatic nitrogens is 2. The monoisotopic (exact) mass is 572 g/mol. The zero-order valence-corrected chi connectivity index (χ0v) is 24.2. The molecule has 0 radical (unpaired) electrons. The van der Waals surface area contributed by atoms with Gasteiger partial charge in [0, 0.05) is 38.3 Å². The lowest BCUT2D eigenvalue weighted by Gasteiger charge is -2.11. The number of hydrogen-bond acceptors (Lipinski definition) is 1. The smallest absolute Gasteiger partial charge is 0.135 e. The third-order valence-corrected chi connectivity index (χ3v) is 9.17. The molecule has 0 amide bonds. The maximum Gasteiger partial charge on any atom is 0.135 e. The molecule has 0 bridgehead atoms. The Morgan fingerprint density at radius 2 is 1.13 bits per heavy atom. The van der Waals surface area contributed by atoms with Crippen LogP contribution in [0.15, 0.2) is 150 Å². The van der Waals surface area contributed by atoms with E-state index in [4.69, 9.17) is 4.42 Å². The molecule has 45 heavy (non-hydrogen) atoms. The molecule has 10 aromatic rings. The van der Waals surface area contributed by atoms with Gasteiger partial charge in [-0.05, 0) is 90.0 Å². The minimum Gasteiger partial charge on any atom is -0.456 e. The van der Waals surface area contributed by atoms with Crippen molar-refractivity contribution in [1.82, 2.24) is 9.13 Å². The van der Waals surface area contributed by atoms with E-state index < -0.39 is 0 Å². The molecular formula is C42H24N2O. The van der Waals surface area contributed by atoms with Crippen molar-refractivity contribution in [3.8, 4) is 22.5 Å². The second-order valence-electron chi connectivity index (χ2n) is 11.6. The molecule has 3 heterocycles. The second kappa shape index (κ2) is 9.13. The second-order valence-corrected chi connectivity index (χ2v) is 11.6. The summed E-state index contributed by atoms with van der Waals surface area (Å²) in [5, 5.41) is 6.99. The molecule has 7 aromatic carbocycles. The summed E-state index contributed by atoms with van der Waals surface area (Å²) in [6.07, 6.45) is 0. The van der Waals surface area contributed by atoms with Crippen LogP contribution in [0.1, 0.15) is 0 Å². The summed E-state index contributed by atoms with van der Waals surface area (Å²) in [7, 11) is 0. The molecule has 0 atom stereocenters. The summed E-state index contributed by atoms with van der Waals surface area (Å²) in [6.45, 7) is 0. The van der Waals surface area contributed by atoms with Gasteiger partial charge in [0.2, 0.25) is 0 Å². The van der Waals surface area contributed by atoms with Gasteiger partial charge in [0.25, 0.3) is 0 Å². The summed E-state index contributed by atoms with van der Waals surface area (Å²) in [6, 6.07) is 58.3. The number of fused-ring (bicyclic) bond motifs is 9. The van der Waals surface area contributed by atoms with Crippen LogP contribution in [0.25, 0.3) is 88.1 Å². The number of hydrogen-bond donors (Lipinski definition) is 0. The molecule has 10 rings (SSSR count). The van der Waals surface area contributed by atoms with Gasteiger partial charge in [0.1, 0.15) is 11.2 Å². The fraction of sp³-hybridized carbons (Fsp3) is 0. The van der Waals surface area contributed by atoms with Crippen LogP contribution >= 0.6 is 0 Å². The van der Waals surface area contributed by atoms with Crippen molar-refractivity contribution in [3.05, 3.63) is 158 Å². The molecule has 0 N–H and O–H groups in total. The maximum atomic E-state index is 6.10. The van der Waals surface area contributed by atoms with Crippen molar-refractivity contribution in [2.45, 2.75) is 0 Å². The first-order valence-electron chi connectivity index (χ1n) is 15.2. The summed E-state index contributed by atoms with van der Waals surface area (Å²) in [5.41, 5.74) is 11.1. The highest BCUT2D eigenvalue weighted by Gasteiger charge is 2.17. The number of benzene rings is 6. The Morgan fingerprint density at radius 1 is 0.422 bits per heavy atom. The van der Waals surface area contributed by atoms with Gasteiger partial charge in [-0.15, -0.1) is 0 Å². The molecule has 3 nitrogen and oxygen atoms in total. The summed E-state index contributed by atoms with van der Waals surface area (Å²) in [4.78, 5) is 0. The van der Waals surface area contributed by atoms with Crippen LogP contribution < -0.4 is 0 Å². The molecule has 3 aromatic heterocycles. The van der Waals surface area contributed by atoms with E-state index in [0.29, 0.717) is 0 Å². The minimum atomic E-state index is 0.913. The van der Waals surface area contributed by atoms with Crippen LogP contribution in [0.5, 0.6) is 0 Å². The molecule has 0 unspecified atom stereocenters. The number of furan rings is 1. The van der Waals surface area contributed by atoms with Gasteiger partial charge in [-0.3, -0.25) is 0 Å². The predicted octanol–water partition coefficient (Wildman–Crippen LogP) is 11.0. The van der Waals surface area contributed by atoms with Gasteiger partial charge in [0.05, 0.1) is 27.5 Å². The van der Waals surface area contributed by atoms with Gasteiger partial charge < -0.3 is 13.6 Å². The molecule has 0 spiro atoms. The Morgan fingerprint density at radius 3 is 2.04 bits per heavy atom. The molecule has 0 fully saturated rings. The Bertz CT molecular complexity index is 2760. The van der Waals surface area contributed by atoms with Crippen molar-refractivity contribution >= 4 is 65.6 Å². The molecule has 0 saturated carbocycles. The van der Waals surface area contributed by atoms with Gasteiger partial charge >= 0.3 is 0 Å². The van der Waals surface area contributed by atoms with Crippen molar-refractivity contribution in [2.24, 2.45) is 0 Å². The number of para-hydroxylation sites is 3. The third kappa shape index (κ3) is 3.48. The molecule has 208 valence electrons. The van der Waals surface area contributed by atoms with E-state index in [2.05, 4.69) is 149 Å². The van der Waals surface area contributed by atoms with Crippen molar-refractivity contribution in [2.75, 3.05) is 0 Å². The predicted molar refractivity (Wildman–Crippen MR) is 186 cm³/mol. The van der Waals surface area contributed by atoms with Crippen molar-refractivity contribution in [3.63, 3.8) is 0 Å². The average molecular weight is 573 g/mol. The van der Waals surface area contributed by atoms with E-state index in [1.165, 1.54) is 38.3 Å². The first-order valence-corrected chi connectivity index (χ1v) is 15.2. The molecule has 0 aliphatic heterocycles. The largest absolute Gasteiger partial charge is 0.456 e. The van der Waals surface area contributed by atoms with Crippen molar-refractivity contribution < 1.29 is 4.42 Å². The lowest BCUT2D eigenvalue weighted by molar-refractivity contribution is 0.669. The van der Waals surface area contributed by atoms with Crippen LogP contribution in [0.4, 0.5) is 0 Å². The molecule has 3 heteroatoms. The fourth-order valence-corrected chi connectivity index (χ4v) is 7.15. The molecular weight excluding hydrogens is 548 g/mol. The lowest BCUT2D eigenvalue weighted by atomic mass is 10.0. The maximum absolute atomic E-state index is 6.10. The quantitative estimate of drug-likeness (QED) is 0.206. The summed E-state index contributed by atoms with van der Waals surface area (Å²) >= 11 is 0. The normalized spacial score (nSPS) is 11.8. The van der Waals surface area contributed by atoms with Crippen LogP contribution in [0.2, 0.25) is 0 Å². The van der Waals surface area contributed by atoms with E-state index >= 15 is 0 Å². The van der Waals surface area contributed by atoms with Gasteiger partial charge in [-0.1, -0.05) is 78.9 Å². The Balaban J connectivity index is 1.20. The highest BCUT2D eigenvalue weighted by Crippen LogP contribution is 2.39. The zero-order valence-electron chi connectivity index (χ0n) is 24.2. The Hall–Kier alpha value is -6.24. The first-order chi connectivity index (χ1) is 22.3. The van der Waals surface area contributed by atoms with Gasteiger partial charge in [0.15, 0.2) is 0 Å². The van der Waals surface area contributed by atoms with Gasteiger partial charge in [-0.2, -0.15) is 0 Å². The van der Waals surface area contributed by atoms with E-state index in [1.54, 1.807) is 0 Å². The summed E-state index contributed by atoms with van der Waals surface area (Å²) in [5.74, 6) is 0. The Labute approximate surface area is 258 Å². The molecule has 0 saturated heterocycles. The highest BCUT2D eigenvalue weighted by atomic mass is 16.3. The van der Waals surface area contributed by atoms with Crippen LogP contribution in [0.3, 0.4) is 0 Å². The third-order valence-electron chi connectivity index (χ3n) is 9.17. The zero-order chi connectivity index (χ0) is 29.5. The van der Waals surface area contributed by atoms with Crippen LogP contribution in [-0.2, 0) is 0 Å². The highest BCUT2D eigenvalue weighted by molar-refractivity contribution is 6.13. The molecule has 0 aliphatic carbocycles. The van der Waals surface area contributed by atoms with Crippen LogP contribution in [0, 0.1) is 12.1 Å². The fourth-order valence-electron chi connectivity index (χ4n) is 7.15. The van der Waals surface area contributed by atoms with Crippen LogP contribution in [-0.4, -0.2) is 9.13 Å². The van der Waals surface area contributed by atoms with E-state index in [0.717, 1.165) is 49.7 Å². The van der Waals surface area contributed by atoms with E-state index in [9.17, 15) is 0 Å². The summed E-state index contributed by atoms with van der Waals surface area (Å²) < 4.78 is 10.8. The number of rotatable bonds is 3.